The number of aryl methyl sites for hydroxylation is 1. The SMILES string of the molecule is Cc1ccc(OCC(C)NCc2ccc([N+](=O)[O-])o2)cc1. The molecule has 1 aromatic carbocycles. The van der Waals surface area contributed by atoms with Crippen LogP contribution in [0.5, 0.6) is 5.75 Å². The first kappa shape index (κ1) is 15.1. The Morgan fingerprint density at radius 1 is 1.29 bits per heavy atom. The summed E-state index contributed by atoms with van der Waals surface area (Å²) in [6.45, 7) is 4.93. The van der Waals surface area contributed by atoms with E-state index in [2.05, 4.69) is 5.32 Å². The minimum Gasteiger partial charge on any atom is -0.492 e. The summed E-state index contributed by atoms with van der Waals surface area (Å²) in [6.07, 6.45) is 0. The zero-order valence-corrected chi connectivity index (χ0v) is 12.0. The molecule has 0 saturated carbocycles. The van der Waals surface area contributed by atoms with Crippen LogP contribution in [-0.2, 0) is 6.54 Å². The summed E-state index contributed by atoms with van der Waals surface area (Å²) in [4.78, 5) is 9.96. The maximum atomic E-state index is 10.5. The molecule has 0 fully saturated rings. The molecule has 1 atom stereocenters. The average Bonchev–Trinajstić information content (AvgIpc) is 2.93. The number of hydrogen-bond acceptors (Lipinski definition) is 5. The highest BCUT2D eigenvalue weighted by atomic mass is 16.6. The Balaban J connectivity index is 1.75. The fourth-order valence-corrected chi connectivity index (χ4v) is 1.75. The minimum absolute atomic E-state index is 0.0930. The molecule has 21 heavy (non-hydrogen) atoms. The van der Waals surface area contributed by atoms with Gasteiger partial charge in [-0.3, -0.25) is 10.1 Å². The minimum atomic E-state index is -0.548. The lowest BCUT2D eigenvalue weighted by Crippen LogP contribution is -2.31. The maximum Gasteiger partial charge on any atom is 0.433 e. The molecule has 1 unspecified atom stereocenters. The Labute approximate surface area is 122 Å². The highest BCUT2D eigenvalue weighted by Gasteiger charge is 2.12. The summed E-state index contributed by atoms with van der Waals surface area (Å²) in [5.74, 6) is 1.11. The van der Waals surface area contributed by atoms with E-state index in [-0.39, 0.29) is 11.9 Å². The van der Waals surface area contributed by atoms with Crippen LogP contribution in [0.25, 0.3) is 0 Å². The summed E-state index contributed by atoms with van der Waals surface area (Å²) in [7, 11) is 0. The van der Waals surface area contributed by atoms with Crippen molar-refractivity contribution in [1.29, 1.82) is 0 Å². The van der Waals surface area contributed by atoms with E-state index in [1.54, 1.807) is 6.07 Å². The summed E-state index contributed by atoms with van der Waals surface area (Å²) in [6, 6.07) is 10.9. The van der Waals surface area contributed by atoms with Gasteiger partial charge in [-0.2, -0.15) is 0 Å². The summed E-state index contributed by atoms with van der Waals surface area (Å²) in [5, 5.41) is 13.7. The van der Waals surface area contributed by atoms with E-state index < -0.39 is 4.92 Å². The first-order valence-electron chi connectivity index (χ1n) is 6.70. The van der Waals surface area contributed by atoms with Crippen molar-refractivity contribution in [2.24, 2.45) is 0 Å². The Kier molecular flexibility index (Phi) is 4.94. The average molecular weight is 290 g/mol. The van der Waals surface area contributed by atoms with E-state index >= 15 is 0 Å². The molecule has 0 bridgehead atoms. The molecule has 0 saturated heterocycles. The second kappa shape index (κ2) is 6.90. The van der Waals surface area contributed by atoms with Crippen molar-refractivity contribution in [3.63, 3.8) is 0 Å². The van der Waals surface area contributed by atoms with Gasteiger partial charge in [0.05, 0.1) is 12.6 Å². The van der Waals surface area contributed by atoms with Crippen LogP contribution < -0.4 is 10.1 Å². The van der Waals surface area contributed by atoms with E-state index in [0.29, 0.717) is 18.9 Å². The van der Waals surface area contributed by atoms with Gasteiger partial charge in [-0.25, -0.2) is 0 Å². The quantitative estimate of drug-likeness (QED) is 0.626. The number of nitro groups is 1. The van der Waals surface area contributed by atoms with Gasteiger partial charge in [0.15, 0.2) is 0 Å². The smallest absolute Gasteiger partial charge is 0.433 e. The Morgan fingerprint density at radius 2 is 2.00 bits per heavy atom. The van der Waals surface area contributed by atoms with Gasteiger partial charge in [-0.15, -0.1) is 0 Å². The largest absolute Gasteiger partial charge is 0.492 e. The molecule has 6 heteroatoms. The topological polar surface area (TPSA) is 77.5 Å². The second-order valence-electron chi connectivity index (χ2n) is 4.90. The molecular formula is C15H18N2O4. The van der Waals surface area contributed by atoms with Crippen molar-refractivity contribution in [1.82, 2.24) is 5.32 Å². The van der Waals surface area contributed by atoms with Crippen LogP contribution in [0.4, 0.5) is 5.88 Å². The molecule has 0 spiro atoms. The standard InChI is InChI=1S/C15H18N2O4/c1-11-3-5-13(6-4-11)20-10-12(2)16-9-14-7-8-15(21-14)17(18)19/h3-8,12,16H,9-10H2,1-2H3. The van der Waals surface area contributed by atoms with Gasteiger partial charge < -0.3 is 14.5 Å². The first-order valence-corrected chi connectivity index (χ1v) is 6.70. The van der Waals surface area contributed by atoms with Crippen molar-refractivity contribution in [3.8, 4) is 5.75 Å². The second-order valence-corrected chi connectivity index (χ2v) is 4.90. The molecule has 0 radical (unpaired) electrons. The molecule has 1 aromatic heterocycles. The number of benzene rings is 1. The lowest BCUT2D eigenvalue weighted by Gasteiger charge is -2.14. The lowest BCUT2D eigenvalue weighted by atomic mass is 10.2. The van der Waals surface area contributed by atoms with E-state index in [0.717, 1.165) is 5.75 Å². The van der Waals surface area contributed by atoms with Crippen molar-refractivity contribution < 1.29 is 14.1 Å². The van der Waals surface area contributed by atoms with Gasteiger partial charge in [0.2, 0.25) is 0 Å². The zero-order valence-electron chi connectivity index (χ0n) is 12.0. The predicted molar refractivity (Wildman–Crippen MR) is 78.3 cm³/mol. The molecule has 6 nitrogen and oxygen atoms in total. The van der Waals surface area contributed by atoms with Crippen molar-refractivity contribution >= 4 is 5.88 Å². The molecule has 0 aliphatic heterocycles. The maximum absolute atomic E-state index is 10.5. The third-order valence-electron chi connectivity index (χ3n) is 2.97. The van der Waals surface area contributed by atoms with Crippen LogP contribution in [0.1, 0.15) is 18.2 Å². The highest BCUT2D eigenvalue weighted by Crippen LogP contribution is 2.15. The number of ether oxygens (including phenoxy) is 1. The van der Waals surface area contributed by atoms with Crippen molar-refractivity contribution in [2.45, 2.75) is 26.4 Å². The molecule has 0 aliphatic rings. The fraction of sp³-hybridized carbons (Fsp3) is 0.333. The van der Waals surface area contributed by atoms with Gasteiger partial charge in [0.25, 0.3) is 0 Å². The van der Waals surface area contributed by atoms with Crippen LogP contribution in [0, 0.1) is 17.0 Å². The lowest BCUT2D eigenvalue weighted by molar-refractivity contribution is -0.402. The van der Waals surface area contributed by atoms with E-state index in [1.165, 1.54) is 11.6 Å². The number of nitrogens with zero attached hydrogens (tertiary/aromatic N) is 1. The third-order valence-corrected chi connectivity index (χ3v) is 2.97. The zero-order chi connectivity index (χ0) is 15.2. The van der Waals surface area contributed by atoms with Gasteiger partial charge in [-0.1, -0.05) is 17.7 Å². The highest BCUT2D eigenvalue weighted by molar-refractivity contribution is 5.26. The van der Waals surface area contributed by atoms with Gasteiger partial charge in [-0.05, 0) is 32.0 Å². The molecule has 1 heterocycles. The van der Waals surface area contributed by atoms with Gasteiger partial charge in [0.1, 0.15) is 23.0 Å². The summed E-state index contributed by atoms with van der Waals surface area (Å²) >= 11 is 0. The molecule has 2 aromatic rings. The van der Waals surface area contributed by atoms with Crippen LogP contribution in [0.3, 0.4) is 0 Å². The Bertz CT molecular complexity index is 592. The van der Waals surface area contributed by atoms with Crippen molar-refractivity contribution in [2.75, 3.05) is 6.61 Å². The van der Waals surface area contributed by atoms with Crippen LogP contribution in [0.2, 0.25) is 0 Å². The van der Waals surface area contributed by atoms with E-state index in [1.807, 2.05) is 38.1 Å². The number of nitrogens with one attached hydrogen (secondary N) is 1. The van der Waals surface area contributed by atoms with Gasteiger partial charge >= 0.3 is 5.88 Å². The van der Waals surface area contributed by atoms with E-state index in [9.17, 15) is 10.1 Å². The molecule has 0 aliphatic carbocycles. The number of rotatable bonds is 7. The normalized spacial score (nSPS) is 12.1. The van der Waals surface area contributed by atoms with Crippen molar-refractivity contribution in [3.05, 3.63) is 57.8 Å². The first-order chi connectivity index (χ1) is 10.0. The fourth-order valence-electron chi connectivity index (χ4n) is 1.75. The van der Waals surface area contributed by atoms with Crippen LogP contribution in [0.15, 0.2) is 40.8 Å². The number of hydrogen-bond donors (Lipinski definition) is 1. The third kappa shape index (κ3) is 4.61. The summed E-state index contributed by atoms with van der Waals surface area (Å²) < 4.78 is 10.7. The summed E-state index contributed by atoms with van der Waals surface area (Å²) in [5.41, 5.74) is 1.19. The molecule has 112 valence electrons. The van der Waals surface area contributed by atoms with Crippen LogP contribution >= 0.6 is 0 Å². The molecular weight excluding hydrogens is 272 g/mol. The van der Waals surface area contributed by atoms with Crippen LogP contribution in [-0.4, -0.2) is 17.6 Å². The van der Waals surface area contributed by atoms with Gasteiger partial charge in [0, 0.05) is 6.04 Å². The Morgan fingerprint density at radius 3 is 2.62 bits per heavy atom. The number of furan rings is 1. The van der Waals surface area contributed by atoms with E-state index in [4.69, 9.17) is 9.15 Å². The molecule has 2 rings (SSSR count). The monoisotopic (exact) mass is 290 g/mol. The Hall–Kier alpha value is -2.34. The molecule has 0 amide bonds. The molecule has 1 N–H and O–H groups in total. The predicted octanol–water partition coefficient (Wildman–Crippen LogP) is 3.05.